The fourth-order valence-corrected chi connectivity index (χ4v) is 3.57. The van der Waals surface area contributed by atoms with E-state index in [4.69, 9.17) is 8.83 Å². The van der Waals surface area contributed by atoms with Gasteiger partial charge in [0.15, 0.2) is 0 Å². The third kappa shape index (κ3) is 6.98. The third-order valence-electron chi connectivity index (χ3n) is 4.04. The zero-order valence-electron chi connectivity index (χ0n) is 16.4. The summed E-state index contributed by atoms with van der Waals surface area (Å²) in [7, 11) is -3.78. The van der Waals surface area contributed by atoms with E-state index in [1.54, 1.807) is 30.3 Å². The molecule has 1 aromatic carbocycles. The second-order valence-electron chi connectivity index (χ2n) is 6.37. The molecule has 0 aliphatic heterocycles. The lowest BCUT2D eigenvalue weighted by atomic mass is 10.3. The van der Waals surface area contributed by atoms with Crippen LogP contribution in [0.5, 0.6) is 0 Å². The molecule has 0 fully saturated rings. The molecule has 0 atom stereocenters. The molecule has 0 aliphatic carbocycles. The molecule has 2 heterocycles. The summed E-state index contributed by atoms with van der Waals surface area (Å²) >= 11 is 0. The van der Waals surface area contributed by atoms with Gasteiger partial charge in [-0.2, -0.15) is 0 Å². The number of hydrogen-bond donors (Lipinski definition) is 3. The summed E-state index contributed by atoms with van der Waals surface area (Å²) < 4.78 is 37.5. The first-order valence-electron chi connectivity index (χ1n) is 9.34. The van der Waals surface area contributed by atoms with Crippen molar-refractivity contribution in [3.05, 3.63) is 78.7 Å². The summed E-state index contributed by atoms with van der Waals surface area (Å²) in [6, 6.07) is 12.6. The van der Waals surface area contributed by atoms with Gasteiger partial charge in [0, 0.05) is 24.7 Å². The second kappa shape index (κ2) is 10.4. The molecule has 2 aromatic heterocycles. The van der Waals surface area contributed by atoms with E-state index >= 15 is 0 Å². The summed E-state index contributed by atoms with van der Waals surface area (Å²) in [6.45, 7) is 0.135. The van der Waals surface area contributed by atoms with Crippen molar-refractivity contribution in [2.45, 2.75) is 17.9 Å². The molecule has 0 saturated heterocycles. The molecular formula is C21H21N3O6S. The number of anilines is 1. The number of carbonyl (C=O) groups excluding carboxylic acids is 2. The Labute approximate surface area is 179 Å². The summed E-state index contributed by atoms with van der Waals surface area (Å²) in [5.74, 6) is 0.295. The van der Waals surface area contributed by atoms with Crippen LogP contribution in [0.2, 0.25) is 0 Å². The van der Waals surface area contributed by atoms with Crippen molar-refractivity contribution in [2.75, 3.05) is 11.9 Å². The minimum Gasteiger partial charge on any atom is -0.468 e. The average molecular weight is 443 g/mol. The van der Waals surface area contributed by atoms with Gasteiger partial charge in [-0.05, 0) is 48.5 Å². The van der Waals surface area contributed by atoms with Crippen molar-refractivity contribution in [2.24, 2.45) is 0 Å². The maximum atomic E-state index is 12.4. The van der Waals surface area contributed by atoms with E-state index in [0.717, 1.165) is 0 Å². The molecule has 3 rings (SSSR count). The van der Waals surface area contributed by atoms with Crippen molar-refractivity contribution < 1.29 is 26.8 Å². The van der Waals surface area contributed by atoms with Crippen molar-refractivity contribution in [3.63, 3.8) is 0 Å². The highest BCUT2D eigenvalue weighted by Gasteiger charge is 2.15. The van der Waals surface area contributed by atoms with Crippen molar-refractivity contribution in [1.29, 1.82) is 0 Å². The highest BCUT2D eigenvalue weighted by Crippen LogP contribution is 2.16. The average Bonchev–Trinajstić information content (AvgIpc) is 3.45. The fraction of sp³-hybridized carbons (Fsp3) is 0.143. The Morgan fingerprint density at radius 3 is 2.55 bits per heavy atom. The standard InChI is InChI=1S/C21H21N3O6S/c25-20(9-8-17-5-2-12-29-17)22-11-10-21(26)24-16-4-1-7-19(14-16)31(27,28)23-15-18-6-3-13-30-18/h1-9,12-14,23H,10-11,15H2,(H,22,25)(H,24,26)/b9-8+. The molecule has 3 aromatic rings. The Hall–Kier alpha value is -3.63. The molecule has 2 amide bonds. The second-order valence-corrected chi connectivity index (χ2v) is 8.14. The maximum Gasteiger partial charge on any atom is 0.244 e. The van der Waals surface area contributed by atoms with Crippen LogP contribution in [0.4, 0.5) is 5.69 Å². The van der Waals surface area contributed by atoms with E-state index in [1.165, 1.54) is 42.9 Å². The zero-order chi connectivity index (χ0) is 22.1. The largest absolute Gasteiger partial charge is 0.468 e. The number of hydrogen-bond acceptors (Lipinski definition) is 6. The first-order valence-corrected chi connectivity index (χ1v) is 10.8. The van der Waals surface area contributed by atoms with Crippen LogP contribution in [0, 0.1) is 0 Å². The predicted molar refractivity (Wildman–Crippen MR) is 113 cm³/mol. The van der Waals surface area contributed by atoms with Crippen molar-refractivity contribution in [1.82, 2.24) is 10.0 Å². The van der Waals surface area contributed by atoms with Gasteiger partial charge in [0.05, 0.1) is 24.0 Å². The Morgan fingerprint density at radius 2 is 1.81 bits per heavy atom. The van der Waals surface area contributed by atoms with Gasteiger partial charge in [0.1, 0.15) is 11.5 Å². The molecule has 162 valence electrons. The first-order chi connectivity index (χ1) is 14.9. The molecule has 0 saturated carbocycles. The van der Waals surface area contributed by atoms with Gasteiger partial charge in [0.2, 0.25) is 21.8 Å². The number of carbonyl (C=O) groups is 2. The van der Waals surface area contributed by atoms with E-state index in [2.05, 4.69) is 15.4 Å². The highest BCUT2D eigenvalue weighted by molar-refractivity contribution is 7.89. The lowest BCUT2D eigenvalue weighted by Crippen LogP contribution is -2.26. The Kier molecular flexibility index (Phi) is 7.41. The fourth-order valence-electron chi connectivity index (χ4n) is 2.53. The van der Waals surface area contributed by atoms with E-state index < -0.39 is 10.0 Å². The molecule has 0 unspecified atom stereocenters. The van der Waals surface area contributed by atoms with E-state index in [0.29, 0.717) is 17.2 Å². The van der Waals surface area contributed by atoms with Crippen LogP contribution in [-0.4, -0.2) is 26.8 Å². The third-order valence-corrected chi connectivity index (χ3v) is 5.44. The Morgan fingerprint density at radius 1 is 1.00 bits per heavy atom. The zero-order valence-corrected chi connectivity index (χ0v) is 17.2. The van der Waals surface area contributed by atoms with Gasteiger partial charge in [-0.1, -0.05) is 6.07 Å². The highest BCUT2D eigenvalue weighted by atomic mass is 32.2. The van der Waals surface area contributed by atoms with Gasteiger partial charge in [-0.15, -0.1) is 0 Å². The van der Waals surface area contributed by atoms with E-state index in [-0.39, 0.29) is 36.2 Å². The molecule has 0 radical (unpaired) electrons. The lowest BCUT2D eigenvalue weighted by molar-refractivity contribution is -0.117. The molecule has 31 heavy (non-hydrogen) atoms. The summed E-state index contributed by atoms with van der Waals surface area (Å²) in [5, 5.41) is 5.20. The number of sulfonamides is 1. The molecule has 3 N–H and O–H groups in total. The molecule has 10 heteroatoms. The van der Waals surface area contributed by atoms with Crippen LogP contribution in [0.3, 0.4) is 0 Å². The molecule has 9 nitrogen and oxygen atoms in total. The predicted octanol–water partition coefficient (Wildman–Crippen LogP) is 2.51. The number of nitrogens with one attached hydrogen (secondary N) is 3. The van der Waals surface area contributed by atoms with Gasteiger partial charge in [0.25, 0.3) is 0 Å². The van der Waals surface area contributed by atoms with Gasteiger partial charge < -0.3 is 19.5 Å². The smallest absolute Gasteiger partial charge is 0.244 e. The van der Waals surface area contributed by atoms with Crippen LogP contribution in [-0.2, 0) is 26.2 Å². The van der Waals surface area contributed by atoms with Gasteiger partial charge in [-0.3, -0.25) is 9.59 Å². The van der Waals surface area contributed by atoms with E-state index in [9.17, 15) is 18.0 Å². The normalized spacial score (nSPS) is 11.5. The summed E-state index contributed by atoms with van der Waals surface area (Å²) in [4.78, 5) is 23.8. The Bertz CT molecular complexity index is 1140. The molecule has 0 spiro atoms. The van der Waals surface area contributed by atoms with E-state index in [1.807, 2.05) is 0 Å². The summed E-state index contributed by atoms with van der Waals surface area (Å²) in [6.07, 6.45) is 5.80. The first kappa shape index (κ1) is 22.1. The monoisotopic (exact) mass is 443 g/mol. The van der Waals surface area contributed by atoms with Crippen LogP contribution in [0.1, 0.15) is 17.9 Å². The van der Waals surface area contributed by atoms with Crippen molar-refractivity contribution in [3.8, 4) is 0 Å². The minimum atomic E-state index is -3.78. The maximum absolute atomic E-state index is 12.4. The van der Waals surface area contributed by atoms with Crippen LogP contribution in [0.15, 0.2) is 80.9 Å². The van der Waals surface area contributed by atoms with Gasteiger partial charge in [-0.25, -0.2) is 13.1 Å². The topological polar surface area (TPSA) is 131 Å². The van der Waals surface area contributed by atoms with Crippen LogP contribution >= 0.6 is 0 Å². The summed E-state index contributed by atoms with van der Waals surface area (Å²) in [5.41, 5.74) is 0.329. The number of benzene rings is 1. The molecule has 0 aliphatic rings. The Balaban J connectivity index is 1.47. The number of rotatable bonds is 10. The quantitative estimate of drug-likeness (QED) is 0.413. The van der Waals surface area contributed by atoms with Crippen molar-refractivity contribution >= 4 is 33.6 Å². The van der Waals surface area contributed by atoms with Gasteiger partial charge >= 0.3 is 0 Å². The molecule has 0 bridgehead atoms. The molecular weight excluding hydrogens is 422 g/mol. The van der Waals surface area contributed by atoms with Crippen LogP contribution in [0.25, 0.3) is 6.08 Å². The number of furan rings is 2. The lowest BCUT2D eigenvalue weighted by Gasteiger charge is -2.09. The minimum absolute atomic E-state index is 0.00761. The number of amides is 2. The van der Waals surface area contributed by atoms with Crippen LogP contribution < -0.4 is 15.4 Å². The SMILES string of the molecule is O=C(/C=C/c1ccco1)NCCC(=O)Nc1cccc(S(=O)(=O)NCc2ccco2)c1.